The van der Waals surface area contributed by atoms with Crippen LogP contribution in [0.1, 0.15) is 22.3 Å². The third-order valence-electron chi connectivity index (χ3n) is 4.26. The summed E-state index contributed by atoms with van der Waals surface area (Å²) in [6.07, 6.45) is -0.0613. The fourth-order valence-electron chi connectivity index (χ4n) is 2.74. The van der Waals surface area contributed by atoms with Gasteiger partial charge in [0.05, 0.1) is 17.4 Å². The average molecular weight is 383 g/mol. The summed E-state index contributed by atoms with van der Waals surface area (Å²) < 4.78 is 5.20. The number of benzene rings is 2. The molecule has 1 N–H and O–H groups in total. The maximum absolute atomic E-state index is 12.2. The molecular weight excluding hydrogens is 366 g/mol. The Morgan fingerprint density at radius 2 is 1.82 bits per heavy atom. The van der Waals surface area contributed by atoms with E-state index in [9.17, 15) is 24.5 Å². The number of nitrogens with zero attached hydrogens (tertiary/aromatic N) is 2. The van der Waals surface area contributed by atoms with E-state index in [1.807, 2.05) is 0 Å². The van der Waals surface area contributed by atoms with Gasteiger partial charge < -0.3 is 4.74 Å². The zero-order valence-corrected chi connectivity index (χ0v) is 14.7. The van der Waals surface area contributed by atoms with E-state index < -0.39 is 22.7 Å². The number of nitro benzene ring substituents is 1. The monoisotopic (exact) mass is 383 g/mol. The molecule has 9 heteroatoms. The van der Waals surface area contributed by atoms with E-state index in [1.54, 1.807) is 30.3 Å². The number of rotatable bonds is 6. The van der Waals surface area contributed by atoms with Crippen LogP contribution < -0.4 is 5.43 Å². The number of carbonyl (C=O) groups is 3. The van der Waals surface area contributed by atoms with Crippen LogP contribution in [-0.4, -0.2) is 34.3 Å². The number of esters is 1. The van der Waals surface area contributed by atoms with Gasteiger partial charge in [-0.25, -0.2) is 0 Å². The van der Waals surface area contributed by atoms with Gasteiger partial charge in [0.1, 0.15) is 6.61 Å². The average Bonchev–Trinajstić information content (AvgIpc) is 3.07. The van der Waals surface area contributed by atoms with Gasteiger partial charge in [-0.2, -0.15) is 0 Å². The molecule has 1 atom stereocenters. The number of amides is 2. The molecule has 2 aromatic rings. The van der Waals surface area contributed by atoms with E-state index in [2.05, 4.69) is 5.43 Å². The summed E-state index contributed by atoms with van der Waals surface area (Å²) in [6, 6.07) is 14.1. The number of carbonyl (C=O) groups excluding carboxylic acids is 3. The van der Waals surface area contributed by atoms with E-state index in [0.717, 1.165) is 5.01 Å². The molecule has 0 aromatic heterocycles. The molecule has 2 amide bonds. The van der Waals surface area contributed by atoms with Crippen molar-refractivity contribution in [2.45, 2.75) is 13.0 Å². The Kier molecular flexibility index (Phi) is 5.64. The number of non-ortho nitro benzene ring substituents is 1. The number of nitro groups is 1. The van der Waals surface area contributed by atoms with Crippen LogP contribution in [0.4, 0.5) is 5.69 Å². The Labute approximate surface area is 160 Å². The first-order valence-corrected chi connectivity index (χ1v) is 8.50. The highest BCUT2D eigenvalue weighted by Gasteiger charge is 2.36. The second-order valence-corrected chi connectivity index (χ2v) is 6.24. The molecule has 0 unspecified atom stereocenters. The molecule has 0 spiro atoms. The van der Waals surface area contributed by atoms with E-state index in [4.69, 9.17) is 4.74 Å². The highest BCUT2D eigenvalue weighted by molar-refractivity contribution is 5.96. The van der Waals surface area contributed by atoms with Crippen molar-refractivity contribution in [2.75, 3.05) is 6.54 Å². The Hall–Kier alpha value is -3.75. The minimum absolute atomic E-state index is 0.0243. The Morgan fingerprint density at radius 3 is 2.46 bits per heavy atom. The van der Waals surface area contributed by atoms with E-state index in [-0.39, 0.29) is 31.2 Å². The summed E-state index contributed by atoms with van der Waals surface area (Å²) in [5.41, 5.74) is 3.44. The normalized spacial score (nSPS) is 15.9. The molecule has 0 radical (unpaired) electrons. The summed E-state index contributed by atoms with van der Waals surface area (Å²) in [4.78, 5) is 46.5. The zero-order valence-electron chi connectivity index (χ0n) is 14.7. The second-order valence-electron chi connectivity index (χ2n) is 6.24. The molecule has 2 aromatic carbocycles. The van der Waals surface area contributed by atoms with Crippen molar-refractivity contribution in [2.24, 2.45) is 5.92 Å². The lowest BCUT2D eigenvalue weighted by molar-refractivity contribution is -0.384. The molecular formula is C19H17N3O6. The third-order valence-corrected chi connectivity index (χ3v) is 4.26. The van der Waals surface area contributed by atoms with Crippen LogP contribution in [0.15, 0.2) is 54.6 Å². The van der Waals surface area contributed by atoms with Crippen LogP contribution in [0.2, 0.25) is 0 Å². The maximum Gasteiger partial charge on any atom is 0.311 e. The first kappa shape index (κ1) is 19.0. The van der Waals surface area contributed by atoms with Crippen molar-refractivity contribution in [1.29, 1.82) is 0 Å². The fraction of sp³-hybridized carbons (Fsp3) is 0.211. The Bertz CT molecular complexity index is 898. The molecule has 9 nitrogen and oxygen atoms in total. The quantitative estimate of drug-likeness (QED) is 0.462. The van der Waals surface area contributed by atoms with Crippen LogP contribution in [0.3, 0.4) is 0 Å². The van der Waals surface area contributed by atoms with Crippen molar-refractivity contribution in [3.8, 4) is 0 Å². The first-order chi connectivity index (χ1) is 13.4. The van der Waals surface area contributed by atoms with Gasteiger partial charge >= 0.3 is 5.97 Å². The van der Waals surface area contributed by atoms with Crippen molar-refractivity contribution in [3.05, 3.63) is 75.8 Å². The van der Waals surface area contributed by atoms with Crippen molar-refractivity contribution < 1.29 is 24.0 Å². The predicted octanol–water partition coefficient (Wildman–Crippen LogP) is 1.83. The standard InChI is InChI=1S/C19H17N3O6/c23-17-10-15(11-21(17)20-18(24)14-4-2-1-3-5-14)19(25)28-12-13-6-8-16(9-7-13)22(26)27/h1-9,15H,10-12H2,(H,20,24)/t15-/m0/s1. The van der Waals surface area contributed by atoms with Crippen LogP contribution >= 0.6 is 0 Å². The topological polar surface area (TPSA) is 119 Å². The van der Waals surface area contributed by atoms with Crippen molar-refractivity contribution in [1.82, 2.24) is 10.4 Å². The number of hydrogen-bond acceptors (Lipinski definition) is 6. The van der Waals surface area contributed by atoms with Gasteiger partial charge in [-0.05, 0) is 29.8 Å². The molecule has 0 bridgehead atoms. The molecule has 1 saturated heterocycles. The Balaban J connectivity index is 1.52. The Morgan fingerprint density at radius 1 is 1.14 bits per heavy atom. The number of hydrazine groups is 1. The molecule has 144 valence electrons. The lowest BCUT2D eigenvalue weighted by Crippen LogP contribution is -2.43. The molecule has 0 saturated carbocycles. The summed E-state index contributed by atoms with van der Waals surface area (Å²) >= 11 is 0. The highest BCUT2D eigenvalue weighted by Crippen LogP contribution is 2.19. The van der Waals surface area contributed by atoms with Gasteiger partial charge in [0, 0.05) is 24.1 Å². The predicted molar refractivity (Wildman–Crippen MR) is 96.6 cm³/mol. The van der Waals surface area contributed by atoms with Crippen molar-refractivity contribution >= 4 is 23.5 Å². The number of ether oxygens (including phenoxy) is 1. The van der Waals surface area contributed by atoms with E-state index >= 15 is 0 Å². The van der Waals surface area contributed by atoms with Gasteiger partial charge in [-0.15, -0.1) is 0 Å². The molecule has 1 fully saturated rings. The van der Waals surface area contributed by atoms with Gasteiger partial charge in [-0.3, -0.25) is 34.9 Å². The van der Waals surface area contributed by atoms with Gasteiger partial charge in [0.15, 0.2) is 0 Å². The van der Waals surface area contributed by atoms with Crippen LogP contribution in [-0.2, 0) is 20.9 Å². The second kappa shape index (κ2) is 8.30. The molecule has 1 heterocycles. The van der Waals surface area contributed by atoms with Crippen LogP contribution in [0, 0.1) is 16.0 Å². The lowest BCUT2D eigenvalue weighted by Gasteiger charge is -2.17. The summed E-state index contributed by atoms with van der Waals surface area (Å²) in [5, 5.41) is 11.8. The first-order valence-electron chi connectivity index (χ1n) is 8.50. The molecule has 3 rings (SSSR count). The van der Waals surface area contributed by atoms with E-state index in [1.165, 1.54) is 24.3 Å². The molecule has 1 aliphatic heterocycles. The minimum Gasteiger partial charge on any atom is -0.461 e. The smallest absolute Gasteiger partial charge is 0.311 e. The van der Waals surface area contributed by atoms with Crippen molar-refractivity contribution in [3.63, 3.8) is 0 Å². The minimum atomic E-state index is -0.693. The zero-order chi connectivity index (χ0) is 20.1. The molecule has 28 heavy (non-hydrogen) atoms. The van der Waals surface area contributed by atoms with Crippen LogP contribution in [0.5, 0.6) is 0 Å². The number of hydrogen-bond donors (Lipinski definition) is 1. The lowest BCUT2D eigenvalue weighted by atomic mass is 10.1. The summed E-state index contributed by atoms with van der Waals surface area (Å²) in [7, 11) is 0. The molecule has 0 aliphatic carbocycles. The number of nitrogens with one attached hydrogen (secondary N) is 1. The van der Waals surface area contributed by atoms with Gasteiger partial charge in [-0.1, -0.05) is 18.2 Å². The molecule has 1 aliphatic rings. The highest BCUT2D eigenvalue weighted by atomic mass is 16.6. The van der Waals surface area contributed by atoms with Gasteiger partial charge in [0.2, 0.25) is 5.91 Å². The summed E-state index contributed by atoms with van der Waals surface area (Å²) in [5.74, 6) is -2.07. The van der Waals surface area contributed by atoms with Gasteiger partial charge in [0.25, 0.3) is 11.6 Å². The largest absolute Gasteiger partial charge is 0.461 e. The fourth-order valence-corrected chi connectivity index (χ4v) is 2.74. The SMILES string of the molecule is O=C(NN1C[C@@H](C(=O)OCc2ccc([N+](=O)[O-])cc2)CC1=O)c1ccccc1. The summed E-state index contributed by atoms with van der Waals surface area (Å²) in [6.45, 7) is -0.0333. The van der Waals surface area contributed by atoms with E-state index in [0.29, 0.717) is 11.1 Å². The maximum atomic E-state index is 12.2. The third kappa shape index (κ3) is 4.50. The van der Waals surface area contributed by atoms with Crippen LogP contribution in [0.25, 0.3) is 0 Å².